The van der Waals surface area contributed by atoms with Crippen LogP contribution in [0, 0.1) is 5.82 Å². The number of aryl methyl sites for hydroxylation is 1. The molecule has 3 aromatic rings. The Morgan fingerprint density at radius 1 is 1.23 bits per heavy atom. The molecule has 3 rings (SSSR count). The fourth-order valence-electron chi connectivity index (χ4n) is 2.22. The molecular formula is C17H17ClFN5O2. The van der Waals surface area contributed by atoms with E-state index in [1.807, 2.05) is 0 Å². The SMILES string of the molecule is O=C(NCCCn1cc(Cl)cn1)c1ccn(COc2ccc(F)cc2)n1. The Hall–Kier alpha value is -2.87. The molecule has 0 bridgehead atoms. The summed E-state index contributed by atoms with van der Waals surface area (Å²) in [5.41, 5.74) is 0.301. The van der Waals surface area contributed by atoms with Gasteiger partial charge in [0.2, 0.25) is 0 Å². The van der Waals surface area contributed by atoms with Gasteiger partial charge in [0.1, 0.15) is 17.3 Å². The molecule has 1 N–H and O–H groups in total. The standard InChI is InChI=1S/C17H17ClFN5O2/c18-13-10-21-23(11-13)8-1-7-20-17(25)16-6-9-24(22-16)12-26-15-4-2-14(19)3-5-15/h2-6,9-11H,1,7-8,12H2,(H,20,25). The van der Waals surface area contributed by atoms with E-state index in [0.717, 1.165) is 6.42 Å². The van der Waals surface area contributed by atoms with Gasteiger partial charge < -0.3 is 10.1 Å². The number of rotatable bonds is 8. The number of nitrogens with zero attached hydrogens (tertiary/aromatic N) is 4. The molecule has 0 aliphatic heterocycles. The van der Waals surface area contributed by atoms with Crippen LogP contribution < -0.4 is 10.1 Å². The average molecular weight is 378 g/mol. The molecular weight excluding hydrogens is 361 g/mol. The minimum atomic E-state index is -0.328. The molecule has 7 nitrogen and oxygen atoms in total. The molecule has 136 valence electrons. The van der Waals surface area contributed by atoms with Crippen LogP contribution in [0.5, 0.6) is 5.75 Å². The molecule has 26 heavy (non-hydrogen) atoms. The van der Waals surface area contributed by atoms with Crippen molar-refractivity contribution in [2.45, 2.75) is 19.7 Å². The van der Waals surface area contributed by atoms with Crippen molar-refractivity contribution in [3.63, 3.8) is 0 Å². The monoisotopic (exact) mass is 377 g/mol. The van der Waals surface area contributed by atoms with Gasteiger partial charge >= 0.3 is 0 Å². The topological polar surface area (TPSA) is 74.0 Å². The minimum Gasteiger partial charge on any atom is -0.471 e. The van der Waals surface area contributed by atoms with Crippen molar-refractivity contribution < 1.29 is 13.9 Å². The van der Waals surface area contributed by atoms with E-state index in [1.54, 1.807) is 29.3 Å². The molecule has 0 saturated heterocycles. The Bertz CT molecular complexity index is 862. The highest BCUT2D eigenvalue weighted by molar-refractivity contribution is 6.30. The molecule has 2 heterocycles. The zero-order chi connectivity index (χ0) is 18.4. The Kier molecular flexibility index (Phi) is 5.85. The second-order valence-electron chi connectivity index (χ2n) is 5.50. The second-order valence-corrected chi connectivity index (χ2v) is 5.94. The van der Waals surface area contributed by atoms with Gasteiger partial charge in [-0.05, 0) is 36.8 Å². The first kappa shape index (κ1) is 17.9. The summed E-state index contributed by atoms with van der Waals surface area (Å²) in [6, 6.07) is 7.29. The van der Waals surface area contributed by atoms with Gasteiger partial charge in [-0.3, -0.25) is 9.48 Å². The van der Waals surface area contributed by atoms with Crippen LogP contribution in [0.25, 0.3) is 0 Å². The zero-order valence-corrected chi connectivity index (χ0v) is 14.6. The molecule has 0 spiro atoms. The van der Waals surface area contributed by atoms with Crippen LogP contribution in [0.15, 0.2) is 48.9 Å². The molecule has 0 fully saturated rings. The fraction of sp³-hybridized carbons (Fsp3) is 0.235. The summed E-state index contributed by atoms with van der Waals surface area (Å²) in [5, 5.41) is 11.6. The van der Waals surface area contributed by atoms with Gasteiger partial charge in [-0.25, -0.2) is 9.07 Å². The van der Waals surface area contributed by atoms with Crippen molar-refractivity contribution in [2.75, 3.05) is 6.54 Å². The number of hydrogen-bond donors (Lipinski definition) is 1. The van der Waals surface area contributed by atoms with E-state index in [0.29, 0.717) is 29.6 Å². The molecule has 0 radical (unpaired) electrons. The largest absolute Gasteiger partial charge is 0.471 e. The summed E-state index contributed by atoms with van der Waals surface area (Å²) in [5.74, 6) is -0.0679. The van der Waals surface area contributed by atoms with Gasteiger partial charge in [0.15, 0.2) is 6.73 Å². The summed E-state index contributed by atoms with van der Waals surface area (Å²) in [4.78, 5) is 12.1. The Balaban J connectivity index is 1.41. The van der Waals surface area contributed by atoms with Crippen LogP contribution in [-0.4, -0.2) is 32.0 Å². The summed E-state index contributed by atoms with van der Waals surface area (Å²) in [7, 11) is 0. The third kappa shape index (κ3) is 5.06. The van der Waals surface area contributed by atoms with Gasteiger partial charge in [0.25, 0.3) is 5.91 Å². The molecule has 9 heteroatoms. The fourth-order valence-corrected chi connectivity index (χ4v) is 2.38. The molecule has 0 unspecified atom stereocenters. The van der Waals surface area contributed by atoms with Crippen molar-refractivity contribution >= 4 is 17.5 Å². The van der Waals surface area contributed by atoms with Gasteiger partial charge in [-0.2, -0.15) is 10.2 Å². The van der Waals surface area contributed by atoms with Gasteiger partial charge in [0, 0.05) is 25.5 Å². The average Bonchev–Trinajstić information content (AvgIpc) is 3.27. The van der Waals surface area contributed by atoms with Crippen LogP contribution in [0.3, 0.4) is 0 Å². The van der Waals surface area contributed by atoms with Crippen LogP contribution in [-0.2, 0) is 13.3 Å². The highest BCUT2D eigenvalue weighted by Gasteiger charge is 2.09. The molecule has 0 saturated carbocycles. The summed E-state index contributed by atoms with van der Waals surface area (Å²) < 4.78 is 21.5. The highest BCUT2D eigenvalue weighted by atomic mass is 35.5. The molecule has 0 aliphatic carbocycles. The predicted octanol–water partition coefficient (Wildman–Crippen LogP) is 2.73. The lowest BCUT2D eigenvalue weighted by atomic mass is 10.3. The van der Waals surface area contributed by atoms with Gasteiger partial charge in [-0.1, -0.05) is 11.6 Å². The molecule has 0 atom stereocenters. The third-order valence-electron chi connectivity index (χ3n) is 3.50. The van der Waals surface area contributed by atoms with Crippen LogP contribution in [0.1, 0.15) is 16.9 Å². The van der Waals surface area contributed by atoms with Crippen molar-refractivity contribution in [2.24, 2.45) is 0 Å². The van der Waals surface area contributed by atoms with E-state index in [2.05, 4.69) is 15.5 Å². The molecule has 0 aliphatic rings. The van der Waals surface area contributed by atoms with Crippen molar-refractivity contribution in [1.29, 1.82) is 0 Å². The normalized spacial score (nSPS) is 10.7. The molecule has 2 aromatic heterocycles. The smallest absolute Gasteiger partial charge is 0.271 e. The number of aromatic nitrogens is 4. The Morgan fingerprint density at radius 2 is 2.04 bits per heavy atom. The first-order chi connectivity index (χ1) is 12.6. The lowest BCUT2D eigenvalue weighted by molar-refractivity contribution is 0.0945. The number of hydrogen-bond acceptors (Lipinski definition) is 4. The maximum atomic E-state index is 12.8. The molecule has 1 amide bonds. The van der Waals surface area contributed by atoms with E-state index >= 15 is 0 Å². The van der Waals surface area contributed by atoms with Crippen molar-refractivity contribution in [3.8, 4) is 5.75 Å². The van der Waals surface area contributed by atoms with Crippen molar-refractivity contribution in [1.82, 2.24) is 24.9 Å². The maximum absolute atomic E-state index is 12.8. The van der Waals surface area contributed by atoms with E-state index < -0.39 is 0 Å². The number of nitrogens with one attached hydrogen (secondary N) is 1. The summed E-state index contributed by atoms with van der Waals surface area (Å²) in [6.07, 6.45) is 5.66. The van der Waals surface area contributed by atoms with Gasteiger partial charge in [0.05, 0.1) is 11.2 Å². The number of carbonyl (C=O) groups excluding carboxylic acids is 1. The number of benzene rings is 1. The number of amides is 1. The molecule has 1 aromatic carbocycles. The lowest BCUT2D eigenvalue weighted by Gasteiger charge is -2.06. The van der Waals surface area contributed by atoms with E-state index in [4.69, 9.17) is 16.3 Å². The van der Waals surface area contributed by atoms with E-state index in [-0.39, 0.29) is 18.5 Å². The van der Waals surface area contributed by atoms with E-state index in [1.165, 1.54) is 28.9 Å². The number of carbonyl (C=O) groups is 1. The summed E-state index contributed by atoms with van der Waals surface area (Å²) in [6.45, 7) is 1.28. The Labute approximate surface area is 154 Å². The van der Waals surface area contributed by atoms with E-state index in [9.17, 15) is 9.18 Å². The van der Waals surface area contributed by atoms with Crippen molar-refractivity contribution in [3.05, 3.63) is 65.5 Å². The third-order valence-corrected chi connectivity index (χ3v) is 3.70. The van der Waals surface area contributed by atoms with Gasteiger partial charge in [-0.15, -0.1) is 0 Å². The zero-order valence-electron chi connectivity index (χ0n) is 13.8. The maximum Gasteiger partial charge on any atom is 0.271 e. The Morgan fingerprint density at radius 3 is 2.77 bits per heavy atom. The van der Waals surface area contributed by atoms with Crippen LogP contribution in [0.2, 0.25) is 5.02 Å². The number of ether oxygens (including phenoxy) is 1. The van der Waals surface area contributed by atoms with Crippen LogP contribution >= 0.6 is 11.6 Å². The second kappa shape index (κ2) is 8.48. The number of halogens is 2. The quantitative estimate of drug-likeness (QED) is 0.612. The van der Waals surface area contributed by atoms with Crippen LogP contribution in [0.4, 0.5) is 4.39 Å². The highest BCUT2D eigenvalue weighted by Crippen LogP contribution is 2.11. The lowest BCUT2D eigenvalue weighted by Crippen LogP contribution is -2.26. The first-order valence-electron chi connectivity index (χ1n) is 7.98. The first-order valence-corrected chi connectivity index (χ1v) is 8.36. The minimum absolute atomic E-state index is 0.124. The summed E-state index contributed by atoms with van der Waals surface area (Å²) >= 11 is 5.79. The predicted molar refractivity (Wildman–Crippen MR) is 93.4 cm³/mol.